The lowest BCUT2D eigenvalue weighted by molar-refractivity contribution is -0.360. The average Bonchev–Trinajstić information content (AvgIpc) is 3.44. The number of carbonyl (C=O) groups excluding carboxylic acids is 2. The Kier molecular flexibility index (Phi) is 36.7. The van der Waals surface area contributed by atoms with Gasteiger partial charge in [-0.2, -0.15) is 0 Å². The minimum absolute atomic E-state index is 0.0388. The van der Waals surface area contributed by atoms with E-state index in [0.29, 0.717) is 19.3 Å². The van der Waals surface area contributed by atoms with Gasteiger partial charge in [-0.15, -0.1) is 0 Å². The van der Waals surface area contributed by atoms with E-state index < -0.39 is 150 Å². The second kappa shape index (κ2) is 40.8. The fraction of sp³-hybridized carbons (Fsp3) is 0.857. The molecule has 1 aliphatic carbocycles. The van der Waals surface area contributed by atoms with E-state index in [2.05, 4.69) is 50.3 Å². The van der Waals surface area contributed by atoms with Crippen LogP contribution in [0.1, 0.15) is 174 Å². The van der Waals surface area contributed by atoms with E-state index in [0.717, 1.165) is 83.5 Å². The first kappa shape index (κ1) is 71.9. The third-order valence-electron chi connectivity index (χ3n) is 14.4. The summed E-state index contributed by atoms with van der Waals surface area (Å²) in [7, 11) is -5.64. The molecule has 466 valence electrons. The molecule has 3 rings (SSSR count). The molecule has 0 aromatic carbocycles. The Morgan fingerprint density at radius 2 is 0.887 bits per heavy atom. The molecule has 2 heterocycles. The average molecular weight is 1170 g/mol. The number of aliphatic hydroxyl groups is 11. The van der Waals surface area contributed by atoms with E-state index in [1.54, 1.807) is 0 Å². The number of ether oxygens (including phenoxy) is 6. The van der Waals surface area contributed by atoms with Crippen LogP contribution in [0.5, 0.6) is 0 Å². The molecule has 0 aromatic rings. The zero-order valence-electron chi connectivity index (χ0n) is 47.1. The van der Waals surface area contributed by atoms with Crippen molar-refractivity contribution < 1.29 is 113 Å². The number of hydrogen-bond acceptors (Lipinski definition) is 22. The minimum Gasteiger partial charge on any atom is -0.462 e. The standard InChI is InChI=1S/C56H99O23P/c1-3-5-7-9-11-13-15-17-18-19-21-22-24-26-28-30-32-41(59)72-36-38(74-42(60)33-31-29-27-25-23-20-16-14-12-10-8-6-4-2)37-73-80(70,71)79-54-52(77-55-50(68)45(63)43(61)39(34-57)75-55)48(66)47(65)49(67)53(54)78-56-51(69)46(64)44(62)40(35-58)76-56/h8,10,14,16,18-19,38-40,43-58,61-69H,3-7,9,11-13,15,17,20-37H2,1-2H3,(H,70,71)/b10-8-,16-14-,19-18-/t38-,39?,40?,43-,44+,45?,46?,47?,48?,49?,50-,51+,52-,53?,54?,55-,56+/m1/s1. The van der Waals surface area contributed by atoms with Crippen LogP contribution in [0.2, 0.25) is 0 Å². The number of phosphoric acid groups is 1. The van der Waals surface area contributed by atoms with Gasteiger partial charge in [0.1, 0.15) is 92.1 Å². The van der Waals surface area contributed by atoms with Gasteiger partial charge in [-0.05, 0) is 64.2 Å². The first-order valence-electron chi connectivity index (χ1n) is 29.3. The van der Waals surface area contributed by atoms with E-state index >= 15 is 0 Å². The number of carbonyl (C=O) groups is 2. The highest BCUT2D eigenvalue weighted by Gasteiger charge is 2.58. The molecule has 10 unspecified atom stereocenters. The predicted octanol–water partition coefficient (Wildman–Crippen LogP) is 3.87. The van der Waals surface area contributed by atoms with Crippen molar-refractivity contribution in [3.63, 3.8) is 0 Å². The molecule has 24 heteroatoms. The van der Waals surface area contributed by atoms with Crippen LogP contribution in [0.25, 0.3) is 0 Å². The highest BCUT2D eigenvalue weighted by Crippen LogP contribution is 2.49. The van der Waals surface area contributed by atoms with E-state index in [9.17, 15) is 75.2 Å². The lowest BCUT2D eigenvalue weighted by Crippen LogP contribution is -2.69. The van der Waals surface area contributed by atoms with Gasteiger partial charge in [0.15, 0.2) is 18.7 Å². The normalized spacial score (nSPS) is 31.5. The number of allylic oxidation sites excluding steroid dienone is 6. The molecule has 23 nitrogen and oxygen atoms in total. The molecule has 18 atom stereocenters. The highest BCUT2D eigenvalue weighted by atomic mass is 31.2. The molecular formula is C56H99O23P. The summed E-state index contributed by atoms with van der Waals surface area (Å²) < 4.78 is 58.1. The number of phosphoric ester groups is 1. The van der Waals surface area contributed by atoms with Crippen molar-refractivity contribution in [3.05, 3.63) is 36.5 Å². The van der Waals surface area contributed by atoms with Crippen LogP contribution in [0, 0.1) is 0 Å². The number of esters is 2. The van der Waals surface area contributed by atoms with E-state index in [4.69, 9.17) is 37.5 Å². The number of rotatable bonds is 42. The Labute approximate surface area is 472 Å². The quantitative estimate of drug-likeness (QED) is 0.0179. The maximum absolute atomic E-state index is 14.0. The van der Waals surface area contributed by atoms with Crippen molar-refractivity contribution in [1.82, 2.24) is 0 Å². The van der Waals surface area contributed by atoms with Crippen LogP contribution in [-0.4, -0.2) is 204 Å². The fourth-order valence-electron chi connectivity index (χ4n) is 9.50. The lowest BCUT2D eigenvalue weighted by atomic mass is 9.84. The van der Waals surface area contributed by atoms with Crippen molar-refractivity contribution in [2.24, 2.45) is 0 Å². The number of unbranched alkanes of at least 4 members (excludes halogenated alkanes) is 18. The summed E-state index contributed by atoms with van der Waals surface area (Å²) in [6.45, 7) is 0.906. The third-order valence-corrected chi connectivity index (χ3v) is 15.4. The van der Waals surface area contributed by atoms with Crippen molar-refractivity contribution in [2.75, 3.05) is 26.4 Å². The van der Waals surface area contributed by atoms with Gasteiger partial charge in [0.05, 0.1) is 19.8 Å². The maximum atomic E-state index is 14.0. The summed E-state index contributed by atoms with van der Waals surface area (Å²) in [4.78, 5) is 37.5. The predicted molar refractivity (Wildman–Crippen MR) is 291 cm³/mol. The van der Waals surface area contributed by atoms with Crippen LogP contribution in [-0.2, 0) is 51.6 Å². The number of aliphatic hydroxyl groups excluding tert-OH is 11. The third kappa shape index (κ3) is 26.3. The first-order valence-corrected chi connectivity index (χ1v) is 30.8. The SMILES string of the molecule is CCC/C=C\C/C=C\CCCCCCCC(=O)O[C@H](COC(=O)CCCCCCC/C=C\CCCCCCCCC)COP(=O)(O)OC1C(O[C@@H]2OC(CO)[C@H](O)C(O)[C@@H]2O)C(O)C(O)C(O)[C@H]1O[C@H]1OC(CO)[C@@H](O)C(O)[C@H]1O. The molecular weight excluding hydrogens is 1070 g/mol. The Morgan fingerprint density at radius 1 is 0.475 bits per heavy atom. The molecule has 2 saturated heterocycles. The molecule has 3 aliphatic rings. The summed E-state index contributed by atoms with van der Waals surface area (Å²) in [5, 5.41) is 117. The zero-order valence-corrected chi connectivity index (χ0v) is 48.0. The molecule has 0 amide bonds. The Morgan fingerprint density at radius 3 is 1.35 bits per heavy atom. The van der Waals surface area contributed by atoms with Gasteiger partial charge in [-0.3, -0.25) is 18.6 Å². The maximum Gasteiger partial charge on any atom is 0.472 e. The van der Waals surface area contributed by atoms with E-state index in [1.807, 2.05) is 0 Å². The van der Waals surface area contributed by atoms with Gasteiger partial charge in [0, 0.05) is 12.8 Å². The van der Waals surface area contributed by atoms with Crippen LogP contribution in [0.4, 0.5) is 0 Å². The monoisotopic (exact) mass is 1170 g/mol. The first-order chi connectivity index (χ1) is 38.4. The number of hydrogen-bond donors (Lipinski definition) is 12. The summed E-state index contributed by atoms with van der Waals surface area (Å²) in [5.41, 5.74) is 0. The van der Waals surface area contributed by atoms with Crippen LogP contribution in [0.15, 0.2) is 36.5 Å². The molecule has 0 bridgehead atoms. The Hall–Kier alpha value is -2.33. The van der Waals surface area contributed by atoms with Crippen LogP contribution < -0.4 is 0 Å². The summed E-state index contributed by atoms with van der Waals surface area (Å²) in [5.74, 6) is -1.36. The Bertz CT molecular complexity index is 1740. The molecule has 0 radical (unpaired) electrons. The largest absolute Gasteiger partial charge is 0.472 e. The van der Waals surface area contributed by atoms with Gasteiger partial charge < -0.3 is 89.5 Å². The van der Waals surface area contributed by atoms with E-state index in [-0.39, 0.29) is 12.8 Å². The second-order valence-corrected chi connectivity index (χ2v) is 22.6. The second-order valence-electron chi connectivity index (χ2n) is 21.2. The van der Waals surface area contributed by atoms with Crippen molar-refractivity contribution in [3.8, 4) is 0 Å². The summed E-state index contributed by atoms with van der Waals surface area (Å²) >= 11 is 0. The van der Waals surface area contributed by atoms with Crippen LogP contribution in [0.3, 0.4) is 0 Å². The molecule has 2 aliphatic heterocycles. The van der Waals surface area contributed by atoms with E-state index in [1.165, 1.54) is 44.9 Å². The summed E-state index contributed by atoms with van der Waals surface area (Å²) in [6.07, 6.45) is 1.33. The molecule has 1 saturated carbocycles. The van der Waals surface area contributed by atoms with Crippen molar-refractivity contribution in [2.45, 2.75) is 279 Å². The molecule has 80 heavy (non-hydrogen) atoms. The van der Waals surface area contributed by atoms with Gasteiger partial charge in [0.25, 0.3) is 0 Å². The molecule has 12 N–H and O–H groups in total. The van der Waals surface area contributed by atoms with Gasteiger partial charge in [-0.25, -0.2) is 4.57 Å². The molecule has 0 spiro atoms. The smallest absolute Gasteiger partial charge is 0.462 e. The van der Waals surface area contributed by atoms with Gasteiger partial charge >= 0.3 is 19.8 Å². The van der Waals surface area contributed by atoms with Crippen LogP contribution >= 0.6 is 7.82 Å². The minimum atomic E-state index is -5.64. The molecule has 3 fully saturated rings. The highest BCUT2D eigenvalue weighted by molar-refractivity contribution is 7.47. The fourth-order valence-corrected chi connectivity index (χ4v) is 10.5. The summed E-state index contributed by atoms with van der Waals surface area (Å²) in [6, 6.07) is 0. The van der Waals surface area contributed by atoms with Crippen molar-refractivity contribution >= 4 is 19.8 Å². The topological polar surface area (TPSA) is 368 Å². The van der Waals surface area contributed by atoms with Gasteiger partial charge in [0.2, 0.25) is 0 Å². The Balaban J connectivity index is 1.71. The zero-order chi connectivity index (χ0) is 58.9. The van der Waals surface area contributed by atoms with Crippen molar-refractivity contribution in [1.29, 1.82) is 0 Å². The molecule has 0 aromatic heterocycles. The lowest BCUT2D eigenvalue weighted by Gasteiger charge is -2.49. The van der Waals surface area contributed by atoms with Gasteiger partial charge in [-0.1, -0.05) is 134 Å².